The number of aromatic nitrogens is 4. The predicted molar refractivity (Wildman–Crippen MR) is 84.1 cm³/mol. The number of nitrogens with zero attached hydrogens (tertiary/aromatic N) is 5. The lowest BCUT2D eigenvalue weighted by Gasteiger charge is -2.19. The van der Waals surface area contributed by atoms with Crippen LogP contribution in [0.4, 0.5) is 0 Å². The van der Waals surface area contributed by atoms with E-state index < -0.39 is 0 Å². The summed E-state index contributed by atoms with van der Waals surface area (Å²) >= 11 is 5.90. The fraction of sp³-hybridized carbons (Fsp3) is 0.643. The summed E-state index contributed by atoms with van der Waals surface area (Å²) in [6.07, 6.45) is 2.22. The second-order valence-electron chi connectivity index (χ2n) is 4.70. The van der Waals surface area contributed by atoms with Gasteiger partial charge in [0.15, 0.2) is 11.2 Å². The van der Waals surface area contributed by atoms with Crippen LogP contribution in [0.5, 0.6) is 5.88 Å². The molecule has 0 N–H and O–H groups in total. The highest BCUT2D eigenvalue weighted by molar-refractivity contribution is 6.17. The maximum atomic E-state index is 5.90. The highest BCUT2D eigenvalue weighted by Crippen LogP contribution is 2.22. The number of rotatable bonds is 8. The van der Waals surface area contributed by atoms with Crippen LogP contribution in [0.3, 0.4) is 0 Å². The van der Waals surface area contributed by atoms with Crippen molar-refractivity contribution in [3.8, 4) is 5.88 Å². The Morgan fingerprint density at radius 3 is 2.67 bits per heavy atom. The van der Waals surface area contributed by atoms with Gasteiger partial charge in [-0.05, 0) is 13.1 Å². The summed E-state index contributed by atoms with van der Waals surface area (Å²) in [4.78, 5) is 15.5. The summed E-state index contributed by atoms with van der Waals surface area (Å²) < 4.78 is 7.40. The first-order valence-electron chi connectivity index (χ1n) is 7.27. The van der Waals surface area contributed by atoms with Gasteiger partial charge in [0.1, 0.15) is 12.2 Å². The minimum Gasteiger partial charge on any atom is -0.479 e. The number of fused-ring (bicyclic) bond motifs is 1. The molecule has 0 saturated carbocycles. The zero-order chi connectivity index (χ0) is 15.2. The van der Waals surface area contributed by atoms with Crippen LogP contribution in [0.1, 0.15) is 19.7 Å². The van der Waals surface area contributed by atoms with E-state index >= 15 is 0 Å². The molecule has 2 aromatic heterocycles. The molecule has 0 aliphatic rings. The topological polar surface area (TPSA) is 56.1 Å². The number of hydrogen-bond acceptors (Lipinski definition) is 5. The molecule has 0 fully saturated rings. The van der Waals surface area contributed by atoms with E-state index in [2.05, 4.69) is 38.3 Å². The lowest BCUT2D eigenvalue weighted by atomic mass is 10.4. The molecule has 21 heavy (non-hydrogen) atoms. The Morgan fingerprint density at radius 2 is 2.05 bits per heavy atom. The third kappa shape index (κ3) is 3.44. The smallest absolute Gasteiger partial charge is 0.245 e. The van der Waals surface area contributed by atoms with Crippen LogP contribution >= 0.6 is 11.6 Å². The van der Waals surface area contributed by atoms with Crippen molar-refractivity contribution in [1.82, 2.24) is 24.4 Å². The Hall–Kier alpha value is -1.40. The molecule has 2 aromatic rings. The standard InChI is InChI=1S/C14H22ClN5O/c1-4-19(5-2)8-9-20-11(6-7-15)18-12-13(20)16-10-17-14(12)21-3/h10H,4-9H2,1-3H3. The summed E-state index contributed by atoms with van der Waals surface area (Å²) in [6, 6.07) is 0. The average Bonchev–Trinajstić information content (AvgIpc) is 2.86. The molecule has 116 valence electrons. The van der Waals surface area contributed by atoms with E-state index in [1.165, 1.54) is 6.33 Å². The number of alkyl halides is 1. The van der Waals surface area contributed by atoms with Gasteiger partial charge in [-0.25, -0.2) is 9.97 Å². The fourth-order valence-corrected chi connectivity index (χ4v) is 2.57. The molecular formula is C14H22ClN5O. The van der Waals surface area contributed by atoms with E-state index in [9.17, 15) is 0 Å². The maximum absolute atomic E-state index is 5.90. The SMILES string of the molecule is CCN(CC)CCn1c(CCCl)nc2c(OC)ncnc21. The van der Waals surface area contributed by atoms with Crippen LogP contribution in [-0.4, -0.2) is 57.0 Å². The van der Waals surface area contributed by atoms with Gasteiger partial charge in [0.25, 0.3) is 0 Å². The van der Waals surface area contributed by atoms with Gasteiger partial charge in [0.05, 0.1) is 7.11 Å². The van der Waals surface area contributed by atoms with E-state index in [-0.39, 0.29) is 0 Å². The number of hydrogen-bond donors (Lipinski definition) is 0. The first-order valence-corrected chi connectivity index (χ1v) is 7.80. The number of likely N-dealkylation sites (N-methyl/N-ethyl adjacent to an activating group) is 1. The maximum Gasteiger partial charge on any atom is 0.245 e. The zero-order valence-corrected chi connectivity index (χ0v) is 13.6. The van der Waals surface area contributed by atoms with E-state index in [1.807, 2.05) is 0 Å². The normalized spacial score (nSPS) is 11.5. The van der Waals surface area contributed by atoms with Crippen molar-refractivity contribution in [2.45, 2.75) is 26.8 Å². The number of methoxy groups -OCH3 is 1. The molecule has 0 bridgehead atoms. The van der Waals surface area contributed by atoms with Gasteiger partial charge < -0.3 is 14.2 Å². The zero-order valence-electron chi connectivity index (χ0n) is 12.8. The van der Waals surface area contributed by atoms with Gasteiger partial charge in [0, 0.05) is 25.4 Å². The molecule has 7 heteroatoms. The van der Waals surface area contributed by atoms with Gasteiger partial charge in [-0.3, -0.25) is 0 Å². The molecule has 6 nitrogen and oxygen atoms in total. The van der Waals surface area contributed by atoms with Crippen LogP contribution in [0, 0.1) is 0 Å². The minimum atomic E-state index is 0.511. The molecule has 0 amide bonds. The predicted octanol–water partition coefficient (Wildman–Crippen LogP) is 1.96. The summed E-state index contributed by atoms with van der Waals surface area (Å²) in [7, 11) is 1.60. The summed E-state index contributed by atoms with van der Waals surface area (Å²) in [5, 5.41) is 0. The van der Waals surface area contributed by atoms with Crippen LogP contribution in [-0.2, 0) is 13.0 Å². The van der Waals surface area contributed by atoms with Gasteiger partial charge in [-0.1, -0.05) is 13.8 Å². The van der Waals surface area contributed by atoms with Crippen molar-refractivity contribution in [1.29, 1.82) is 0 Å². The molecule has 2 rings (SSSR count). The number of aryl methyl sites for hydroxylation is 1. The molecule has 0 saturated heterocycles. The van der Waals surface area contributed by atoms with Gasteiger partial charge in [0.2, 0.25) is 5.88 Å². The molecule has 0 aliphatic carbocycles. The van der Waals surface area contributed by atoms with Crippen molar-refractivity contribution in [3.63, 3.8) is 0 Å². The molecule has 0 spiro atoms. The summed E-state index contributed by atoms with van der Waals surface area (Å²) in [5.41, 5.74) is 1.52. The lowest BCUT2D eigenvalue weighted by Crippen LogP contribution is -2.27. The second kappa shape index (κ2) is 7.56. The van der Waals surface area contributed by atoms with Gasteiger partial charge in [-0.15, -0.1) is 11.6 Å². The monoisotopic (exact) mass is 311 g/mol. The molecule has 0 aromatic carbocycles. The van der Waals surface area contributed by atoms with Crippen LogP contribution < -0.4 is 4.74 Å². The number of imidazole rings is 1. The highest BCUT2D eigenvalue weighted by Gasteiger charge is 2.16. The van der Waals surface area contributed by atoms with Gasteiger partial charge in [-0.2, -0.15) is 4.98 Å². The third-order valence-electron chi connectivity index (χ3n) is 3.62. The molecule has 2 heterocycles. The van der Waals surface area contributed by atoms with Crippen LogP contribution in [0.25, 0.3) is 11.2 Å². The Morgan fingerprint density at radius 1 is 1.29 bits per heavy atom. The van der Waals surface area contributed by atoms with Crippen LogP contribution in [0.2, 0.25) is 0 Å². The van der Waals surface area contributed by atoms with Crippen molar-refractivity contribution in [2.24, 2.45) is 0 Å². The number of ether oxygens (including phenoxy) is 1. The Bertz CT molecular complexity index is 582. The van der Waals surface area contributed by atoms with Crippen LogP contribution in [0.15, 0.2) is 6.33 Å². The molecule has 0 atom stereocenters. The largest absolute Gasteiger partial charge is 0.479 e. The highest BCUT2D eigenvalue weighted by atomic mass is 35.5. The Labute approximate surface area is 130 Å². The summed E-state index contributed by atoms with van der Waals surface area (Å²) in [5.74, 6) is 1.98. The first kappa shape index (κ1) is 16.0. The molecular weight excluding hydrogens is 290 g/mol. The Balaban J connectivity index is 2.37. The van der Waals surface area contributed by atoms with Gasteiger partial charge >= 0.3 is 0 Å². The van der Waals surface area contributed by atoms with Crippen molar-refractivity contribution < 1.29 is 4.74 Å². The van der Waals surface area contributed by atoms with Crippen molar-refractivity contribution >= 4 is 22.8 Å². The summed E-state index contributed by atoms with van der Waals surface area (Å²) in [6.45, 7) is 8.20. The minimum absolute atomic E-state index is 0.511. The Kier molecular flexibility index (Phi) is 5.76. The van der Waals surface area contributed by atoms with Crippen molar-refractivity contribution in [3.05, 3.63) is 12.2 Å². The van der Waals surface area contributed by atoms with E-state index in [0.717, 1.165) is 37.7 Å². The van der Waals surface area contributed by atoms with E-state index in [1.54, 1.807) is 7.11 Å². The first-order chi connectivity index (χ1) is 10.2. The molecule has 0 unspecified atom stereocenters. The van der Waals surface area contributed by atoms with E-state index in [4.69, 9.17) is 16.3 Å². The fourth-order valence-electron chi connectivity index (χ4n) is 2.40. The average molecular weight is 312 g/mol. The molecule has 0 radical (unpaired) electrons. The third-order valence-corrected chi connectivity index (χ3v) is 3.81. The second-order valence-corrected chi connectivity index (χ2v) is 5.08. The van der Waals surface area contributed by atoms with Crippen molar-refractivity contribution in [2.75, 3.05) is 32.6 Å². The number of halogens is 1. The lowest BCUT2D eigenvalue weighted by molar-refractivity contribution is 0.290. The molecule has 0 aliphatic heterocycles. The quantitative estimate of drug-likeness (QED) is 0.698. The van der Waals surface area contributed by atoms with E-state index in [0.29, 0.717) is 23.7 Å².